The smallest absolute Gasteiger partial charge is 0.160 e. The van der Waals surface area contributed by atoms with E-state index >= 15 is 0 Å². The molecule has 0 radical (unpaired) electrons. The van der Waals surface area contributed by atoms with E-state index in [0.29, 0.717) is 5.82 Å². The van der Waals surface area contributed by atoms with E-state index < -0.39 is 0 Å². The second kappa shape index (κ2) is 17.3. The van der Waals surface area contributed by atoms with Crippen molar-refractivity contribution >= 4 is 43.4 Å². The molecular weight excluding hydrogens is 851 g/mol. The van der Waals surface area contributed by atoms with E-state index in [9.17, 15) is 0 Å². The van der Waals surface area contributed by atoms with Gasteiger partial charge >= 0.3 is 0 Å². The predicted molar refractivity (Wildman–Crippen MR) is 289 cm³/mol. The summed E-state index contributed by atoms with van der Waals surface area (Å²) >= 11 is 0. The number of nitrogens with zero attached hydrogens (tertiary/aromatic N) is 5. The van der Waals surface area contributed by atoms with Crippen molar-refractivity contribution in [2.45, 2.75) is 0 Å². The SMILES string of the molecule is c1ccc(-c2cc(-c3cccc(-c4cccc5ccncc45)c3)nc(-c3ccc(-c4ccc(-c5cc(-c6ccc7ccccc7c6)nc6c5ccc5ccc(-c7ccccc7)nc56)cc4)cc3)n2)cc1. The molecule has 0 aliphatic rings. The summed E-state index contributed by atoms with van der Waals surface area (Å²) in [4.78, 5) is 25.5. The van der Waals surface area contributed by atoms with E-state index in [0.717, 1.165) is 117 Å². The maximum Gasteiger partial charge on any atom is 0.160 e. The number of rotatable bonds is 8. The van der Waals surface area contributed by atoms with Gasteiger partial charge in [-0.25, -0.2) is 19.9 Å². The summed E-state index contributed by atoms with van der Waals surface area (Å²) in [7, 11) is 0. The third-order valence-electron chi connectivity index (χ3n) is 13.4. The molecule has 70 heavy (non-hydrogen) atoms. The summed E-state index contributed by atoms with van der Waals surface area (Å²) in [6.45, 7) is 0. The molecule has 0 fully saturated rings. The van der Waals surface area contributed by atoms with Gasteiger partial charge < -0.3 is 0 Å². The average molecular weight is 892 g/mol. The van der Waals surface area contributed by atoms with Gasteiger partial charge in [0.05, 0.1) is 33.8 Å². The van der Waals surface area contributed by atoms with E-state index in [1.54, 1.807) is 0 Å². The molecule has 0 atom stereocenters. The van der Waals surface area contributed by atoms with Crippen LogP contribution in [0.3, 0.4) is 0 Å². The lowest BCUT2D eigenvalue weighted by Crippen LogP contribution is -1.96. The van der Waals surface area contributed by atoms with Crippen LogP contribution in [0.25, 0.3) is 133 Å². The molecule has 0 saturated heterocycles. The van der Waals surface area contributed by atoms with Gasteiger partial charge in [0.25, 0.3) is 0 Å². The molecule has 5 nitrogen and oxygen atoms in total. The van der Waals surface area contributed by atoms with E-state index in [-0.39, 0.29) is 0 Å². The minimum atomic E-state index is 0.669. The van der Waals surface area contributed by atoms with Gasteiger partial charge in [-0.05, 0) is 85.9 Å². The number of hydrogen-bond donors (Lipinski definition) is 0. The van der Waals surface area contributed by atoms with E-state index in [1.807, 2.05) is 36.7 Å². The first-order chi connectivity index (χ1) is 34.6. The Bertz CT molecular complexity index is 4090. The molecule has 0 saturated carbocycles. The third kappa shape index (κ3) is 7.62. The molecule has 13 rings (SSSR count). The number of aromatic nitrogens is 5. The Labute approximate surface area is 405 Å². The van der Waals surface area contributed by atoms with Gasteiger partial charge in [-0.15, -0.1) is 0 Å². The fourth-order valence-electron chi connectivity index (χ4n) is 9.72. The number of hydrogen-bond acceptors (Lipinski definition) is 5. The highest BCUT2D eigenvalue weighted by Crippen LogP contribution is 2.38. The normalized spacial score (nSPS) is 11.4. The summed E-state index contributed by atoms with van der Waals surface area (Å²) in [6.07, 6.45) is 3.78. The molecule has 0 N–H and O–H groups in total. The molecule has 0 unspecified atom stereocenters. The first kappa shape index (κ1) is 40.8. The number of pyridine rings is 3. The lowest BCUT2D eigenvalue weighted by molar-refractivity contribution is 1.18. The van der Waals surface area contributed by atoms with Gasteiger partial charge in [-0.3, -0.25) is 4.98 Å². The van der Waals surface area contributed by atoms with Gasteiger partial charge in [0.1, 0.15) is 0 Å². The Hall–Kier alpha value is -9.45. The molecule has 13 aromatic rings. The molecule has 0 aliphatic heterocycles. The maximum absolute atomic E-state index is 5.40. The lowest BCUT2D eigenvalue weighted by atomic mass is 9.94. The zero-order valence-corrected chi connectivity index (χ0v) is 37.9. The van der Waals surface area contributed by atoms with Crippen LogP contribution in [-0.2, 0) is 0 Å². The zero-order valence-electron chi connectivity index (χ0n) is 37.9. The first-order valence-corrected chi connectivity index (χ1v) is 23.5. The van der Waals surface area contributed by atoms with Crippen LogP contribution in [0.2, 0.25) is 0 Å². The van der Waals surface area contributed by atoms with Crippen molar-refractivity contribution in [2.24, 2.45) is 0 Å². The molecule has 0 amide bonds. The van der Waals surface area contributed by atoms with Crippen molar-refractivity contribution in [2.75, 3.05) is 0 Å². The lowest BCUT2D eigenvalue weighted by Gasteiger charge is -2.14. The van der Waals surface area contributed by atoms with Gasteiger partial charge in [0, 0.05) is 56.4 Å². The second-order valence-corrected chi connectivity index (χ2v) is 17.7. The number of benzene rings is 9. The van der Waals surface area contributed by atoms with Crippen LogP contribution in [0.1, 0.15) is 0 Å². The van der Waals surface area contributed by atoms with Crippen LogP contribution in [0, 0.1) is 0 Å². The van der Waals surface area contributed by atoms with Crippen LogP contribution >= 0.6 is 0 Å². The van der Waals surface area contributed by atoms with Crippen molar-refractivity contribution in [1.29, 1.82) is 0 Å². The molecular formula is C65H41N5. The van der Waals surface area contributed by atoms with E-state index in [2.05, 4.69) is 217 Å². The molecule has 326 valence electrons. The fraction of sp³-hybridized carbons (Fsp3) is 0. The predicted octanol–water partition coefficient (Wildman–Crippen LogP) is 16.6. The minimum Gasteiger partial charge on any atom is -0.264 e. The Morgan fingerprint density at radius 3 is 1.59 bits per heavy atom. The van der Waals surface area contributed by atoms with Crippen molar-refractivity contribution < 1.29 is 0 Å². The van der Waals surface area contributed by atoms with E-state index in [1.165, 1.54) is 10.8 Å². The molecule has 5 heteroatoms. The molecule has 0 bridgehead atoms. The molecule has 9 aromatic carbocycles. The summed E-state index contributed by atoms with van der Waals surface area (Å²) in [5.41, 5.74) is 17.1. The van der Waals surface area contributed by atoms with E-state index in [4.69, 9.17) is 19.9 Å². The van der Waals surface area contributed by atoms with Gasteiger partial charge in [0.2, 0.25) is 0 Å². The largest absolute Gasteiger partial charge is 0.264 e. The van der Waals surface area contributed by atoms with Crippen molar-refractivity contribution in [3.63, 3.8) is 0 Å². The number of fused-ring (bicyclic) bond motifs is 5. The maximum atomic E-state index is 5.40. The summed E-state index contributed by atoms with van der Waals surface area (Å²) < 4.78 is 0. The van der Waals surface area contributed by atoms with Gasteiger partial charge in [0.15, 0.2) is 5.82 Å². The molecule has 4 heterocycles. The van der Waals surface area contributed by atoms with Crippen molar-refractivity contribution in [1.82, 2.24) is 24.9 Å². The molecule has 4 aromatic heterocycles. The summed E-state index contributed by atoms with van der Waals surface area (Å²) in [5.74, 6) is 0.669. The quantitative estimate of drug-likeness (QED) is 0.142. The minimum absolute atomic E-state index is 0.669. The highest BCUT2D eigenvalue weighted by atomic mass is 14.9. The Kier molecular flexibility index (Phi) is 10.1. The molecule has 0 aliphatic carbocycles. The highest BCUT2D eigenvalue weighted by molar-refractivity contribution is 6.10. The van der Waals surface area contributed by atoms with Crippen molar-refractivity contribution in [3.8, 4) is 89.8 Å². The Morgan fingerprint density at radius 1 is 0.243 bits per heavy atom. The van der Waals surface area contributed by atoms with Crippen LogP contribution in [0.4, 0.5) is 0 Å². The van der Waals surface area contributed by atoms with Gasteiger partial charge in [-0.1, -0.05) is 200 Å². The van der Waals surface area contributed by atoms with Crippen LogP contribution in [0.15, 0.2) is 249 Å². The average Bonchev–Trinajstić information content (AvgIpc) is 3.45. The van der Waals surface area contributed by atoms with Gasteiger partial charge in [-0.2, -0.15) is 0 Å². The monoisotopic (exact) mass is 891 g/mol. The van der Waals surface area contributed by atoms with Crippen LogP contribution in [0.5, 0.6) is 0 Å². The highest BCUT2D eigenvalue weighted by Gasteiger charge is 2.17. The summed E-state index contributed by atoms with van der Waals surface area (Å²) in [6, 6.07) is 83.2. The Morgan fingerprint density at radius 2 is 0.800 bits per heavy atom. The van der Waals surface area contributed by atoms with Crippen molar-refractivity contribution in [3.05, 3.63) is 249 Å². The standard InChI is InChI=1S/C65H41N5/c1-3-12-47(13-4-1)59-34-32-49-31-33-56-57(39-60(68-64(56)63(49)67-59)54-30-25-42-11-7-8-16-51(42)37-54)46-26-21-43(22-27-46)44-23-28-50(29-24-44)65-69-61(48-14-5-2-6-15-48)40-62(70-65)53-19-9-18-52(38-53)55-20-10-17-45-35-36-66-41-58(45)55/h1-41H. The fourth-order valence-corrected chi connectivity index (χ4v) is 9.72. The molecule has 0 spiro atoms. The second-order valence-electron chi connectivity index (χ2n) is 17.7. The van der Waals surface area contributed by atoms with Crippen LogP contribution < -0.4 is 0 Å². The zero-order chi connectivity index (χ0) is 46.4. The topological polar surface area (TPSA) is 64.5 Å². The van der Waals surface area contributed by atoms with Crippen LogP contribution in [-0.4, -0.2) is 24.9 Å². The third-order valence-corrected chi connectivity index (χ3v) is 13.4. The Balaban J connectivity index is 0.868. The first-order valence-electron chi connectivity index (χ1n) is 23.5. The summed E-state index contributed by atoms with van der Waals surface area (Å²) in [5, 5.41) is 6.76.